The molecular weight excluding hydrogens is 466 g/mol. The second-order valence-corrected chi connectivity index (χ2v) is 12.4. The van der Waals surface area contributed by atoms with Crippen molar-refractivity contribution in [1.29, 1.82) is 0 Å². The molecule has 2 aromatic rings. The number of halogens is 2. The van der Waals surface area contributed by atoms with Crippen molar-refractivity contribution in [2.24, 2.45) is 5.92 Å². The Kier molecular flexibility index (Phi) is 8.87. The molecule has 4 heteroatoms. The number of allylic oxidation sites excluding steroid dienone is 1. The third-order valence-corrected chi connectivity index (χ3v) is 4.92. The molecule has 0 saturated heterocycles. The summed E-state index contributed by atoms with van der Waals surface area (Å²) in [5, 5.41) is 0. The SMILES string of the molecule is COc1c(C(C)(C)C)cc2c(c1-c1ccccc1)C=C(CC(C)C)C2.[Cl][Zr][Cl]. The molecule has 0 saturated carbocycles. The van der Waals surface area contributed by atoms with E-state index in [1.807, 2.05) is 0 Å². The quantitative estimate of drug-likeness (QED) is 0.416. The predicted molar refractivity (Wildman–Crippen MR) is 120 cm³/mol. The van der Waals surface area contributed by atoms with Gasteiger partial charge >= 0.3 is 37.9 Å². The van der Waals surface area contributed by atoms with Crippen LogP contribution < -0.4 is 4.74 Å². The Morgan fingerprint density at radius 3 is 2.21 bits per heavy atom. The summed E-state index contributed by atoms with van der Waals surface area (Å²) in [6.45, 7) is 11.4. The molecule has 0 amide bonds. The first-order valence-corrected chi connectivity index (χ1v) is 16.0. The zero-order valence-corrected chi connectivity index (χ0v) is 21.7. The molecular formula is C24H30Cl2OZr. The summed E-state index contributed by atoms with van der Waals surface area (Å²) in [6, 6.07) is 13.1. The first-order valence-electron chi connectivity index (χ1n) is 9.68. The van der Waals surface area contributed by atoms with Crippen LogP contribution in [0.5, 0.6) is 5.75 Å². The van der Waals surface area contributed by atoms with Crippen molar-refractivity contribution in [2.45, 2.75) is 52.9 Å². The van der Waals surface area contributed by atoms with Crippen molar-refractivity contribution < 1.29 is 25.6 Å². The van der Waals surface area contributed by atoms with Crippen molar-refractivity contribution in [2.75, 3.05) is 7.11 Å². The van der Waals surface area contributed by atoms with Gasteiger partial charge in [-0.3, -0.25) is 0 Å². The van der Waals surface area contributed by atoms with Crippen LogP contribution in [0.1, 0.15) is 57.7 Å². The summed E-state index contributed by atoms with van der Waals surface area (Å²) < 4.78 is 5.97. The second kappa shape index (κ2) is 10.5. The van der Waals surface area contributed by atoms with Gasteiger partial charge in [0.15, 0.2) is 0 Å². The first kappa shape index (κ1) is 23.7. The van der Waals surface area contributed by atoms with Crippen molar-refractivity contribution >= 4 is 23.1 Å². The molecule has 1 aliphatic carbocycles. The standard InChI is InChI=1S/C24H30O.2ClH.Zr/c1-16(2)12-17-13-19-15-21(24(3,4)5)23(25-6)22(20(19)14-17)18-10-8-7-9-11-18;;;/h7-11,14-16H,12-13H2,1-6H3;2*1H;/q;;;+2/p-2. The van der Waals surface area contributed by atoms with Crippen molar-refractivity contribution in [3.05, 3.63) is 58.7 Å². The normalized spacial score (nSPS) is 12.8. The molecule has 0 aliphatic heterocycles. The summed E-state index contributed by atoms with van der Waals surface area (Å²) in [5.41, 5.74) is 8.17. The number of hydrogen-bond donors (Lipinski definition) is 0. The molecule has 28 heavy (non-hydrogen) atoms. The monoisotopic (exact) mass is 494 g/mol. The van der Waals surface area contributed by atoms with E-state index in [-0.39, 0.29) is 5.41 Å². The molecule has 0 aromatic heterocycles. The molecule has 0 bridgehead atoms. The molecule has 0 unspecified atom stereocenters. The van der Waals surface area contributed by atoms with E-state index in [2.05, 4.69) is 77.1 Å². The van der Waals surface area contributed by atoms with Gasteiger partial charge in [0.25, 0.3) is 0 Å². The van der Waals surface area contributed by atoms with Crippen molar-refractivity contribution in [1.82, 2.24) is 0 Å². The maximum absolute atomic E-state index is 5.97. The van der Waals surface area contributed by atoms with Gasteiger partial charge in [-0.15, -0.1) is 0 Å². The van der Waals surface area contributed by atoms with Crippen LogP contribution in [-0.4, -0.2) is 7.11 Å². The average Bonchev–Trinajstić information content (AvgIpc) is 3.01. The Morgan fingerprint density at radius 1 is 1.11 bits per heavy atom. The van der Waals surface area contributed by atoms with Gasteiger partial charge in [0.2, 0.25) is 0 Å². The molecule has 0 spiro atoms. The van der Waals surface area contributed by atoms with Crippen LogP contribution in [0.15, 0.2) is 42.0 Å². The fourth-order valence-electron chi connectivity index (χ4n) is 3.86. The van der Waals surface area contributed by atoms with Gasteiger partial charge in [-0.1, -0.05) is 82.7 Å². The first-order chi connectivity index (χ1) is 13.2. The van der Waals surface area contributed by atoms with Gasteiger partial charge in [-0.25, -0.2) is 0 Å². The zero-order valence-electron chi connectivity index (χ0n) is 17.7. The Labute approximate surface area is 189 Å². The number of rotatable bonds is 4. The number of benzene rings is 2. The Bertz CT molecular complexity index is 821. The average molecular weight is 497 g/mol. The van der Waals surface area contributed by atoms with Gasteiger partial charge in [-0.05, 0) is 40.9 Å². The molecule has 3 rings (SSSR count). The topological polar surface area (TPSA) is 9.23 Å². The molecule has 0 radical (unpaired) electrons. The molecule has 1 nitrogen and oxygen atoms in total. The van der Waals surface area contributed by atoms with E-state index in [1.165, 1.54) is 33.4 Å². The number of hydrogen-bond acceptors (Lipinski definition) is 1. The maximum atomic E-state index is 5.97. The molecule has 0 heterocycles. The van der Waals surface area contributed by atoms with Gasteiger partial charge in [0.05, 0.1) is 7.11 Å². The molecule has 1 aliphatic rings. The molecule has 0 N–H and O–H groups in total. The van der Waals surface area contributed by atoms with E-state index in [0.717, 1.165) is 18.6 Å². The predicted octanol–water partition coefficient (Wildman–Crippen LogP) is 8.02. The number of ether oxygens (including phenoxy) is 1. The van der Waals surface area contributed by atoms with Gasteiger partial charge in [-0.2, -0.15) is 0 Å². The third-order valence-electron chi connectivity index (χ3n) is 4.92. The van der Waals surface area contributed by atoms with Crippen molar-refractivity contribution in [3.8, 4) is 16.9 Å². The van der Waals surface area contributed by atoms with E-state index >= 15 is 0 Å². The van der Waals surface area contributed by atoms with Crippen LogP contribution in [0.3, 0.4) is 0 Å². The second-order valence-electron chi connectivity index (χ2n) is 8.67. The van der Waals surface area contributed by atoms with Gasteiger partial charge in [0.1, 0.15) is 5.75 Å². The molecule has 150 valence electrons. The van der Waals surface area contributed by atoms with Gasteiger partial charge < -0.3 is 4.74 Å². The summed E-state index contributed by atoms with van der Waals surface area (Å²) in [5.74, 6) is 1.71. The molecule has 0 atom stereocenters. The van der Waals surface area contributed by atoms with E-state index in [0.29, 0.717) is 5.92 Å². The van der Waals surface area contributed by atoms with Crippen LogP contribution >= 0.6 is 17.0 Å². The van der Waals surface area contributed by atoms with E-state index in [9.17, 15) is 0 Å². The Balaban J connectivity index is 0.000000878. The summed E-state index contributed by atoms with van der Waals surface area (Å²) in [6.07, 6.45) is 4.64. The minimum atomic E-state index is -0.826. The number of methoxy groups -OCH3 is 1. The van der Waals surface area contributed by atoms with Crippen LogP contribution in [-0.2, 0) is 32.7 Å². The number of fused-ring (bicyclic) bond motifs is 1. The van der Waals surface area contributed by atoms with E-state index in [4.69, 9.17) is 21.8 Å². The Morgan fingerprint density at radius 2 is 1.71 bits per heavy atom. The van der Waals surface area contributed by atoms with Crippen LogP contribution in [0, 0.1) is 5.92 Å². The molecule has 2 aromatic carbocycles. The fraction of sp³-hybridized carbons (Fsp3) is 0.417. The van der Waals surface area contributed by atoms with Crippen molar-refractivity contribution in [3.63, 3.8) is 0 Å². The summed E-state index contributed by atoms with van der Waals surface area (Å²) >= 11 is -0.826. The Hall–Kier alpha value is -0.557. The van der Waals surface area contributed by atoms with Gasteiger partial charge in [0, 0.05) is 11.1 Å². The summed E-state index contributed by atoms with van der Waals surface area (Å²) in [4.78, 5) is 0. The van der Waals surface area contributed by atoms with E-state index in [1.54, 1.807) is 7.11 Å². The zero-order chi connectivity index (χ0) is 20.9. The molecule has 0 fully saturated rings. The van der Waals surface area contributed by atoms with Crippen LogP contribution in [0.25, 0.3) is 17.2 Å². The van der Waals surface area contributed by atoms with E-state index < -0.39 is 20.8 Å². The third kappa shape index (κ3) is 5.74. The summed E-state index contributed by atoms with van der Waals surface area (Å²) in [7, 11) is 11.7. The van der Waals surface area contributed by atoms with Crippen LogP contribution in [0.4, 0.5) is 0 Å². The minimum absolute atomic E-state index is 0.0463. The fourth-order valence-corrected chi connectivity index (χ4v) is 3.86. The van der Waals surface area contributed by atoms with Crippen LogP contribution in [0.2, 0.25) is 0 Å².